The number of nitrogens with two attached hydrogens (primary N) is 1. The van der Waals surface area contributed by atoms with E-state index in [9.17, 15) is 8.42 Å². The molecule has 21 heavy (non-hydrogen) atoms. The van der Waals surface area contributed by atoms with Gasteiger partial charge in [-0.05, 0) is 47.9 Å². The maximum atomic E-state index is 12.4. The Balaban J connectivity index is 2.28. The average molecular weight is 305 g/mol. The zero-order chi connectivity index (χ0) is 15.5. The smallest absolute Gasteiger partial charge is 0.182 e. The van der Waals surface area contributed by atoms with Gasteiger partial charge in [0.25, 0.3) is 0 Å². The summed E-state index contributed by atoms with van der Waals surface area (Å²) in [5.74, 6) is 0.619. The van der Waals surface area contributed by atoms with Crippen molar-refractivity contribution in [1.82, 2.24) is 0 Å². The molecule has 0 aliphatic carbocycles. The molecule has 2 rings (SSSR count). The van der Waals surface area contributed by atoms with Crippen molar-refractivity contribution in [2.75, 3.05) is 7.11 Å². The van der Waals surface area contributed by atoms with Crippen molar-refractivity contribution in [2.45, 2.75) is 24.1 Å². The Bertz CT molecular complexity index is 722. The van der Waals surface area contributed by atoms with E-state index >= 15 is 0 Å². The Labute approximate surface area is 125 Å². The van der Waals surface area contributed by atoms with E-state index < -0.39 is 9.84 Å². The van der Waals surface area contributed by atoms with Gasteiger partial charge in [-0.3, -0.25) is 0 Å². The van der Waals surface area contributed by atoms with E-state index in [1.54, 1.807) is 31.4 Å². The van der Waals surface area contributed by atoms with Crippen LogP contribution in [0.4, 0.5) is 0 Å². The van der Waals surface area contributed by atoms with Gasteiger partial charge in [-0.1, -0.05) is 18.2 Å². The number of benzene rings is 2. The Morgan fingerprint density at radius 2 is 1.76 bits per heavy atom. The molecule has 0 saturated heterocycles. The highest BCUT2D eigenvalue weighted by Crippen LogP contribution is 2.21. The highest BCUT2D eigenvalue weighted by atomic mass is 32.2. The molecule has 0 bridgehead atoms. The van der Waals surface area contributed by atoms with Gasteiger partial charge < -0.3 is 10.5 Å². The van der Waals surface area contributed by atoms with E-state index in [-0.39, 0.29) is 5.75 Å². The van der Waals surface area contributed by atoms with Crippen molar-refractivity contribution in [3.8, 4) is 5.75 Å². The molecule has 0 heterocycles. The van der Waals surface area contributed by atoms with Crippen LogP contribution in [0.15, 0.2) is 47.4 Å². The van der Waals surface area contributed by atoms with Gasteiger partial charge in [0.1, 0.15) is 5.75 Å². The summed E-state index contributed by atoms with van der Waals surface area (Å²) in [6, 6.07) is 12.1. The predicted molar refractivity (Wildman–Crippen MR) is 83.0 cm³/mol. The number of hydrogen-bond acceptors (Lipinski definition) is 4. The maximum Gasteiger partial charge on any atom is 0.182 e. The van der Waals surface area contributed by atoms with E-state index in [4.69, 9.17) is 10.5 Å². The van der Waals surface area contributed by atoms with Crippen molar-refractivity contribution in [2.24, 2.45) is 5.73 Å². The maximum absolute atomic E-state index is 12.4. The molecule has 0 aromatic heterocycles. The van der Waals surface area contributed by atoms with Gasteiger partial charge >= 0.3 is 0 Å². The van der Waals surface area contributed by atoms with Crippen LogP contribution in [0.3, 0.4) is 0 Å². The van der Waals surface area contributed by atoms with Crippen molar-refractivity contribution in [3.05, 3.63) is 59.2 Å². The van der Waals surface area contributed by atoms with Gasteiger partial charge in [0.2, 0.25) is 0 Å². The molecule has 2 N–H and O–H groups in total. The number of sulfone groups is 1. The Hall–Kier alpha value is -1.85. The normalized spacial score (nSPS) is 11.4. The standard InChI is InChI=1S/C16H19NO3S/c1-12-9-13(10-17)3-4-14(12)11-21(18,19)16-7-5-15(20-2)6-8-16/h3-9H,10-11,17H2,1-2H3. The van der Waals surface area contributed by atoms with Gasteiger partial charge in [0.05, 0.1) is 17.8 Å². The first-order valence-electron chi connectivity index (χ1n) is 6.61. The third-order valence-electron chi connectivity index (χ3n) is 3.41. The van der Waals surface area contributed by atoms with Crippen LogP contribution in [0.5, 0.6) is 5.75 Å². The summed E-state index contributed by atoms with van der Waals surface area (Å²) in [6.45, 7) is 2.35. The van der Waals surface area contributed by atoms with E-state index in [2.05, 4.69) is 0 Å². The van der Waals surface area contributed by atoms with Crippen molar-refractivity contribution < 1.29 is 13.2 Å². The van der Waals surface area contributed by atoms with E-state index in [0.717, 1.165) is 16.7 Å². The fraction of sp³-hybridized carbons (Fsp3) is 0.250. The first-order chi connectivity index (χ1) is 9.96. The molecule has 0 unspecified atom stereocenters. The lowest BCUT2D eigenvalue weighted by molar-refractivity contribution is 0.414. The SMILES string of the molecule is COc1ccc(S(=O)(=O)Cc2ccc(CN)cc2C)cc1. The summed E-state index contributed by atoms with van der Waals surface area (Å²) in [7, 11) is -1.82. The third-order valence-corrected chi connectivity index (χ3v) is 5.09. The largest absolute Gasteiger partial charge is 0.497 e. The molecule has 0 fully saturated rings. The second-order valence-electron chi connectivity index (χ2n) is 4.90. The molecule has 0 amide bonds. The zero-order valence-electron chi connectivity index (χ0n) is 12.2. The monoisotopic (exact) mass is 305 g/mol. The fourth-order valence-electron chi connectivity index (χ4n) is 2.12. The van der Waals surface area contributed by atoms with Crippen molar-refractivity contribution in [3.63, 3.8) is 0 Å². The van der Waals surface area contributed by atoms with Crippen LogP contribution in [0.25, 0.3) is 0 Å². The summed E-state index contributed by atoms with van der Waals surface area (Å²) in [4.78, 5) is 0.297. The Morgan fingerprint density at radius 3 is 2.29 bits per heavy atom. The number of aryl methyl sites for hydroxylation is 1. The highest BCUT2D eigenvalue weighted by Gasteiger charge is 2.16. The first kappa shape index (κ1) is 15.5. The van der Waals surface area contributed by atoms with Gasteiger partial charge in [-0.15, -0.1) is 0 Å². The summed E-state index contributed by atoms with van der Waals surface area (Å²) in [5, 5.41) is 0. The van der Waals surface area contributed by atoms with Gasteiger partial charge in [-0.2, -0.15) is 0 Å². The lowest BCUT2D eigenvalue weighted by Crippen LogP contribution is -2.07. The van der Waals surface area contributed by atoms with Crippen LogP contribution in [0, 0.1) is 6.92 Å². The van der Waals surface area contributed by atoms with Crippen LogP contribution in [-0.2, 0) is 22.1 Å². The molecular weight excluding hydrogens is 286 g/mol. The predicted octanol–water partition coefficient (Wildman–Crippen LogP) is 2.44. The summed E-state index contributed by atoms with van der Waals surface area (Å²) in [5.41, 5.74) is 8.32. The second kappa shape index (κ2) is 6.28. The highest BCUT2D eigenvalue weighted by molar-refractivity contribution is 7.90. The Morgan fingerprint density at radius 1 is 1.10 bits per heavy atom. The molecule has 4 nitrogen and oxygen atoms in total. The molecule has 2 aromatic rings. The van der Waals surface area contributed by atoms with Crippen molar-refractivity contribution >= 4 is 9.84 Å². The van der Waals surface area contributed by atoms with Crippen LogP contribution < -0.4 is 10.5 Å². The first-order valence-corrected chi connectivity index (χ1v) is 8.27. The molecule has 2 aromatic carbocycles. The van der Waals surface area contributed by atoms with E-state index in [1.165, 1.54) is 0 Å². The summed E-state index contributed by atoms with van der Waals surface area (Å²) < 4.78 is 29.9. The number of ether oxygens (including phenoxy) is 1. The quantitative estimate of drug-likeness (QED) is 0.921. The van der Waals surface area contributed by atoms with E-state index in [1.807, 2.05) is 25.1 Å². The number of methoxy groups -OCH3 is 1. The molecule has 0 saturated carbocycles. The molecular formula is C16H19NO3S. The lowest BCUT2D eigenvalue weighted by atomic mass is 10.1. The van der Waals surface area contributed by atoms with Gasteiger partial charge in [0.15, 0.2) is 9.84 Å². The van der Waals surface area contributed by atoms with E-state index in [0.29, 0.717) is 17.2 Å². The van der Waals surface area contributed by atoms with Gasteiger partial charge in [0, 0.05) is 6.54 Å². The summed E-state index contributed by atoms with van der Waals surface area (Å²) >= 11 is 0. The molecule has 0 aliphatic heterocycles. The minimum Gasteiger partial charge on any atom is -0.497 e. The average Bonchev–Trinajstić information content (AvgIpc) is 2.49. The number of rotatable bonds is 5. The minimum atomic E-state index is -3.37. The summed E-state index contributed by atoms with van der Waals surface area (Å²) in [6.07, 6.45) is 0. The van der Waals surface area contributed by atoms with Crippen molar-refractivity contribution in [1.29, 1.82) is 0 Å². The van der Waals surface area contributed by atoms with Crippen LogP contribution in [0.1, 0.15) is 16.7 Å². The molecule has 0 spiro atoms. The van der Waals surface area contributed by atoms with Gasteiger partial charge in [-0.25, -0.2) is 8.42 Å². The van der Waals surface area contributed by atoms with Crippen LogP contribution in [-0.4, -0.2) is 15.5 Å². The topological polar surface area (TPSA) is 69.4 Å². The number of hydrogen-bond donors (Lipinski definition) is 1. The lowest BCUT2D eigenvalue weighted by Gasteiger charge is -2.09. The molecule has 0 aliphatic rings. The fourth-order valence-corrected chi connectivity index (χ4v) is 3.57. The van der Waals surface area contributed by atoms with Crippen LogP contribution >= 0.6 is 0 Å². The molecule has 5 heteroatoms. The van der Waals surface area contributed by atoms with Crippen LogP contribution in [0.2, 0.25) is 0 Å². The second-order valence-corrected chi connectivity index (χ2v) is 6.89. The molecule has 0 radical (unpaired) electrons. The third kappa shape index (κ3) is 3.62. The molecule has 0 atom stereocenters. The zero-order valence-corrected chi connectivity index (χ0v) is 13.0. The molecule has 112 valence electrons. The minimum absolute atomic E-state index is 0.0178. The Kier molecular flexibility index (Phi) is 4.65.